The van der Waals surface area contributed by atoms with Crippen LogP contribution < -0.4 is 0 Å². The molecule has 2 rings (SSSR count). The molecule has 0 spiro atoms. The molecule has 2 heteroatoms. The molecule has 1 aromatic rings. The van der Waals surface area contributed by atoms with Crippen molar-refractivity contribution in [3.8, 4) is 0 Å². The van der Waals surface area contributed by atoms with Crippen molar-refractivity contribution in [1.29, 1.82) is 0 Å². The minimum atomic E-state index is -0.195. The lowest BCUT2D eigenvalue weighted by atomic mass is 9.87. The smallest absolute Gasteiger partial charge is 0.184 e. The monoisotopic (exact) mass is 220 g/mol. The van der Waals surface area contributed by atoms with Gasteiger partial charge in [-0.05, 0) is 11.8 Å². The predicted octanol–water partition coefficient (Wildman–Crippen LogP) is 3.54. The van der Waals surface area contributed by atoms with E-state index >= 15 is 0 Å². The first-order valence-corrected chi connectivity index (χ1v) is 5.89. The van der Waals surface area contributed by atoms with Gasteiger partial charge < -0.3 is 9.47 Å². The second-order valence-corrected chi connectivity index (χ2v) is 5.39. The molecule has 88 valence electrons. The van der Waals surface area contributed by atoms with Gasteiger partial charge in [-0.2, -0.15) is 0 Å². The van der Waals surface area contributed by atoms with Gasteiger partial charge in [0.1, 0.15) is 0 Å². The quantitative estimate of drug-likeness (QED) is 0.720. The molecule has 0 amide bonds. The van der Waals surface area contributed by atoms with Gasteiger partial charge >= 0.3 is 0 Å². The summed E-state index contributed by atoms with van der Waals surface area (Å²) >= 11 is 0. The maximum atomic E-state index is 6.01. The Morgan fingerprint density at radius 3 is 2.44 bits per heavy atom. The molecular weight excluding hydrogens is 200 g/mol. The normalized spacial score (nSPS) is 26.7. The maximum absolute atomic E-state index is 6.01. The Labute approximate surface area is 97.6 Å². The maximum Gasteiger partial charge on any atom is 0.184 e. The minimum absolute atomic E-state index is 0.177. The number of benzene rings is 1. The van der Waals surface area contributed by atoms with Gasteiger partial charge in [-0.25, -0.2) is 0 Å². The van der Waals surface area contributed by atoms with Crippen molar-refractivity contribution in [3.63, 3.8) is 0 Å². The molecule has 1 aliphatic heterocycles. The summed E-state index contributed by atoms with van der Waals surface area (Å²) in [6, 6.07) is 10.1. The van der Waals surface area contributed by atoms with Gasteiger partial charge in [-0.1, -0.05) is 51.1 Å². The highest BCUT2D eigenvalue weighted by Gasteiger charge is 2.32. The lowest BCUT2D eigenvalue weighted by Gasteiger charge is -2.38. The first kappa shape index (κ1) is 11.6. The molecule has 1 heterocycles. The van der Waals surface area contributed by atoms with Crippen molar-refractivity contribution in [2.45, 2.75) is 39.6 Å². The third kappa shape index (κ3) is 2.63. The SMILES string of the molecule is CC(C)(C)[C@H]1CCO[C@@H](c2ccccc2)O1. The van der Waals surface area contributed by atoms with Crippen LogP contribution in [0.25, 0.3) is 0 Å². The van der Waals surface area contributed by atoms with Crippen molar-refractivity contribution in [1.82, 2.24) is 0 Å². The zero-order valence-corrected chi connectivity index (χ0v) is 10.3. The van der Waals surface area contributed by atoms with E-state index in [1.54, 1.807) is 0 Å². The average Bonchev–Trinajstić information content (AvgIpc) is 2.29. The molecule has 1 fully saturated rings. The molecule has 0 N–H and O–H groups in total. The fourth-order valence-corrected chi connectivity index (χ4v) is 1.96. The molecule has 1 aliphatic rings. The van der Waals surface area contributed by atoms with Crippen LogP contribution in [0.5, 0.6) is 0 Å². The third-order valence-corrected chi connectivity index (χ3v) is 2.97. The molecule has 0 radical (unpaired) electrons. The average molecular weight is 220 g/mol. The molecule has 0 aliphatic carbocycles. The highest BCUT2D eigenvalue weighted by Crippen LogP contribution is 2.34. The van der Waals surface area contributed by atoms with Gasteiger partial charge in [0, 0.05) is 5.56 Å². The lowest BCUT2D eigenvalue weighted by molar-refractivity contribution is -0.238. The van der Waals surface area contributed by atoms with Crippen LogP contribution in [0.2, 0.25) is 0 Å². The van der Waals surface area contributed by atoms with Crippen LogP contribution in [0.1, 0.15) is 39.0 Å². The highest BCUT2D eigenvalue weighted by molar-refractivity contribution is 5.16. The zero-order valence-electron chi connectivity index (χ0n) is 10.3. The fraction of sp³-hybridized carbons (Fsp3) is 0.571. The van der Waals surface area contributed by atoms with Gasteiger partial charge in [0.25, 0.3) is 0 Å². The molecule has 0 bridgehead atoms. The molecule has 2 atom stereocenters. The van der Waals surface area contributed by atoms with Gasteiger partial charge in [-0.3, -0.25) is 0 Å². The minimum Gasteiger partial charge on any atom is -0.348 e. The van der Waals surface area contributed by atoms with Crippen LogP contribution in [0.15, 0.2) is 30.3 Å². The third-order valence-electron chi connectivity index (χ3n) is 2.97. The molecule has 0 saturated carbocycles. The molecule has 0 aromatic heterocycles. The van der Waals surface area contributed by atoms with E-state index in [-0.39, 0.29) is 17.8 Å². The highest BCUT2D eigenvalue weighted by atomic mass is 16.7. The Kier molecular flexibility index (Phi) is 3.31. The van der Waals surface area contributed by atoms with E-state index in [0.29, 0.717) is 0 Å². The van der Waals surface area contributed by atoms with Crippen molar-refractivity contribution in [2.24, 2.45) is 5.41 Å². The summed E-state index contributed by atoms with van der Waals surface area (Å²) < 4.78 is 11.7. The predicted molar refractivity (Wildman–Crippen MR) is 64.1 cm³/mol. The van der Waals surface area contributed by atoms with E-state index in [1.807, 2.05) is 18.2 Å². The standard InChI is InChI=1S/C14H20O2/c1-14(2,3)12-9-10-15-13(16-12)11-7-5-4-6-8-11/h4-8,12-13H,9-10H2,1-3H3/t12-,13-/m1/s1. The Balaban J connectivity index is 2.08. The van der Waals surface area contributed by atoms with E-state index in [1.165, 1.54) is 0 Å². The van der Waals surface area contributed by atoms with Crippen LogP contribution in [0.3, 0.4) is 0 Å². The van der Waals surface area contributed by atoms with Crippen LogP contribution in [0, 0.1) is 5.41 Å². The summed E-state index contributed by atoms with van der Waals surface area (Å²) in [5, 5.41) is 0. The summed E-state index contributed by atoms with van der Waals surface area (Å²) in [6.45, 7) is 7.42. The number of hydrogen-bond acceptors (Lipinski definition) is 2. The topological polar surface area (TPSA) is 18.5 Å². The summed E-state index contributed by atoms with van der Waals surface area (Å²) in [6.07, 6.45) is 1.05. The largest absolute Gasteiger partial charge is 0.348 e. The van der Waals surface area contributed by atoms with Crippen LogP contribution in [-0.4, -0.2) is 12.7 Å². The van der Waals surface area contributed by atoms with Crippen LogP contribution in [-0.2, 0) is 9.47 Å². The van der Waals surface area contributed by atoms with E-state index in [2.05, 4.69) is 32.9 Å². The molecule has 0 unspecified atom stereocenters. The van der Waals surface area contributed by atoms with Gasteiger partial charge in [0.15, 0.2) is 6.29 Å². The van der Waals surface area contributed by atoms with E-state index in [4.69, 9.17) is 9.47 Å². The van der Waals surface area contributed by atoms with Gasteiger partial charge in [0.05, 0.1) is 12.7 Å². The number of hydrogen-bond donors (Lipinski definition) is 0. The Morgan fingerprint density at radius 1 is 1.12 bits per heavy atom. The van der Waals surface area contributed by atoms with Crippen LogP contribution >= 0.6 is 0 Å². The molecular formula is C14H20O2. The second kappa shape index (κ2) is 4.56. The summed E-state index contributed by atoms with van der Waals surface area (Å²) in [7, 11) is 0. The summed E-state index contributed by atoms with van der Waals surface area (Å²) in [5.74, 6) is 0. The first-order chi connectivity index (χ1) is 7.57. The van der Waals surface area contributed by atoms with E-state index in [0.717, 1.165) is 18.6 Å². The van der Waals surface area contributed by atoms with Gasteiger partial charge in [0.2, 0.25) is 0 Å². The van der Waals surface area contributed by atoms with Gasteiger partial charge in [-0.15, -0.1) is 0 Å². The number of ether oxygens (including phenoxy) is 2. The lowest BCUT2D eigenvalue weighted by Crippen LogP contribution is -2.36. The number of rotatable bonds is 1. The second-order valence-electron chi connectivity index (χ2n) is 5.39. The Hall–Kier alpha value is -0.860. The van der Waals surface area contributed by atoms with Crippen LogP contribution in [0.4, 0.5) is 0 Å². The van der Waals surface area contributed by atoms with Crippen molar-refractivity contribution >= 4 is 0 Å². The summed E-state index contributed by atoms with van der Waals surface area (Å²) in [4.78, 5) is 0. The van der Waals surface area contributed by atoms with E-state index in [9.17, 15) is 0 Å². The molecule has 2 nitrogen and oxygen atoms in total. The fourth-order valence-electron chi connectivity index (χ4n) is 1.96. The first-order valence-electron chi connectivity index (χ1n) is 5.89. The van der Waals surface area contributed by atoms with E-state index < -0.39 is 0 Å². The zero-order chi connectivity index (χ0) is 11.6. The molecule has 16 heavy (non-hydrogen) atoms. The van der Waals surface area contributed by atoms with Crippen molar-refractivity contribution in [2.75, 3.05) is 6.61 Å². The van der Waals surface area contributed by atoms with Crippen molar-refractivity contribution < 1.29 is 9.47 Å². The molecule has 1 aromatic carbocycles. The Morgan fingerprint density at radius 2 is 1.81 bits per heavy atom. The summed E-state index contributed by atoms with van der Waals surface area (Å²) in [5.41, 5.74) is 1.29. The Bertz CT molecular complexity index is 326. The van der Waals surface area contributed by atoms with Crippen molar-refractivity contribution in [3.05, 3.63) is 35.9 Å². The molecule has 1 saturated heterocycles.